The van der Waals surface area contributed by atoms with E-state index in [1.54, 1.807) is 0 Å². The van der Waals surface area contributed by atoms with Crippen LogP contribution in [0.1, 0.15) is 37.8 Å². The smallest absolute Gasteiger partial charge is 0.0216 e. The van der Waals surface area contributed by atoms with E-state index in [1.165, 1.54) is 120 Å². The molecule has 12 rings (SSSR count). The van der Waals surface area contributed by atoms with Crippen molar-refractivity contribution in [3.8, 4) is 44.5 Å². The minimum atomic E-state index is -0.0171. The van der Waals surface area contributed by atoms with Gasteiger partial charge < -0.3 is 0 Å². The average Bonchev–Trinajstić information content (AvgIpc) is 3.60. The topological polar surface area (TPSA) is 0 Å². The van der Waals surface area contributed by atoms with E-state index in [2.05, 4.69) is 208 Å². The summed E-state index contributed by atoms with van der Waals surface area (Å²) < 4.78 is 0. The normalized spacial score (nSPS) is 13.2. The van der Waals surface area contributed by atoms with Crippen molar-refractivity contribution in [1.82, 2.24) is 0 Å². The number of fused-ring (bicyclic) bond motifs is 13. The van der Waals surface area contributed by atoms with Crippen LogP contribution in [-0.2, 0) is 5.41 Å². The van der Waals surface area contributed by atoms with Gasteiger partial charge in [-0.25, -0.2) is 0 Å². The number of hydrogen-bond acceptors (Lipinski definition) is 0. The second kappa shape index (κ2) is 13.0. The fourth-order valence-electron chi connectivity index (χ4n) is 11.2. The van der Waals surface area contributed by atoms with Gasteiger partial charge in [-0.15, -0.1) is 0 Å². The van der Waals surface area contributed by atoms with Gasteiger partial charge in [0, 0.05) is 5.41 Å². The molecule has 0 nitrogen and oxygen atoms in total. The minimum absolute atomic E-state index is 0.0171. The molecule has 11 aromatic rings. The summed E-state index contributed by atoms with van der Waals surface area (Å²) >= 11 is 0. The predicted molar refractivity (Wildman–Crippen MR) is 255 cm³/mol. The van der Waals surface area contributed by atoms with Crippen molar-refractivity contribution >= 4 is 64.6 Å². The van der Waals surface area contributed by atoms with E-state index in [0.717, 1.165) is 12.8 Å². The Kier molecular flexibility index (Phi) is 7.50. The van der Waals surface area contributed by atoms with Crippen LogP contribution in [0.5, 0.6) is 0 Å². The molecular weight excluding hydrogens is 709 g/mol. The molecule has 59 heavy (non-hydrogen) atoms. The van der Waals surface area contributed by atoms with Gasteiger partial charge >= 0.3 is 0 Å². The van der Waals surface area contributed by atoms with Gasteiger partial charge in [0.25, 0.3) is 0 Å². The van der Waals surface area contributed by atoms with E-state index >= 15 is 0 Å². The number of hydrogen-bond donors (Lipinski definition) is 0. The highest BCUT2D eigenvalue weighted by atomic mass is 14.4. The third-order valence-corrected chi connectivity index (χ3v) is 13.9. The Hall–Kier alpha value is -7.02. The average molecular weight is 751 g/mol. The largest absolute Gasteiger partial charge is 0.0642 e. The monoisotopic (exact) mass is 750 g/mol. The van der Waals surface area contributed by atoms with E-state index in [9.17, 15) is 0 Å². The highest BCUT2D eigenvalue weighted by molar-refractivity contribution is 6.28. The van der Waals surface area contributed by atoms with Crippen LogP contribution in [0.2, 0.25) is 0 Å². The number of rotatable bonds is 5. The first-order valence-electron chi connectivity index (χ1n) is 21.2. The zero-order chi connectivity index (χ0) is 39.2. The van der Waals surface area contributed by atoms with Gasteiger partial charge in [-0.1, -0.05) is 202 Å². The Labute approximate surface area is 345 Å². The van der Waals surface area contributed by atoms with Crippen molar-refractivity contribution in [2.24, 2.45) is 0 Å². The lowest BCUT2D eigenvalue weighted by Crippen LogP contribution is -2.23. The van der Waals surface area contributed by atoms with Crippen LogP contribution in [0.25, 0.3) is 109 Å². The molecule has 0 heterocycles. The summed E-state index contributed by atoms with van der Waals surface area (Å²) in [6, 6.07) is 73.0. The van der Waals surface area contributed by atoms with Crippen LogP contribution in [0, 0.1) is 0 Å². The SMILES string of the molecule is CCC1(CC)c2ccccc2-c2ccc3c4ccccc4c4cc(-c5ccc(-c6c7ccccc7c(-c7cccc8ccccc78)c7ccccc67)cc5)ccc4c3c21. The summed E-state index contributed by atoms with van der Waals surface area (Å²) in [7, 11) is 0. The first-order chi connectivity index (χ1) is 29.2. The van der Waals surface area contributed by atoms with Crippen molar-refractivity contribution in [3.63, 3.8) is 0 Å². The van der Waals surface area contributed by atoms with Gasteiger partial charge in [0.1, 0.15) is 0 Å². The maximum Gasteiger partial charge on any atom is 0.0216 e. The molecule has 0 saturated carbocycles. The summed E-state index contributed by atoms with van der Waals surface area (Å²) in [5.74, 6) is 0. The molecule has 1 aliphatic carbocycles. The summed E-state index contributed by atoms with van der Waals surface area (Å²) in [4.78, 5) is 0. The molecule has 0 unspecified atom stereocenters. The van der Waals surface area contributed by atoms with E-state index in [1.807, 2.05) is 0 Å². The molecule has 0 N–H and O–H groups in total. The molecule has 11 aromatic carbocycles. The van der Waals surface area contributed by atoms with Crippen LogP contribution in [0.4, 0.5) is 0 Å². The molecule has 1 aliphatic rings. The molecule has 0 atom stereocenters. The molecule has 0 spiro atoms. The lowest BCUT2D eigenvalue weighted by molar-refractivity contribution is 0.494. The van der Waals surface area contributed by atoms with E-state index in [4.69, 9.17) is 0 Å². The van der Waals surface area contributed by atoms with Crippen LogP contribution >= 0.6 is 0 Å². The second-order valence-electron chi connectivity index (χ2n) is 16.5. The lowest BCUT2D eigenvalue weighted by atomic mass is 9.71. The Balaban J connectivity index is 1.05. The lowest BCUT2D eigenvalue weighted by Gasteiger charge is -2.31. The number of benzene rings is 11. The van der Waals surface area contributed by atoms with Gasteiger partial charge in [0.05, 0.1) is 0 Å². The van der Waals surface area contributed by atoms with Crippen molar-refractivity contribution in [2.45, 2.75) is 32.1 Å². The summed E-state index contributed by atoms with van der Waals surface area (Å²) in [6.45, 7) is 4.76. The maximum atomic E-state index is 2.46. The van der Waals surface area contributed by atoms with Crippen molar-refractivity contribution in [1.29, 1.82) is 0 Å². The summed E-state index contributed by atoms with van der Waals surface area (Å²) in [5, 5.41) is 15.7. The van der Waals surface area contributed by atoms with Gasteiger partial charge in [0.2, 0.25) is 0 Å². The molecule has 0 aromatic heterocycles. The summed E-state index contributed by atoms with van der Waals surface area (Å²) in [6.07, 6.45) is 2.14. The van der Waals surface area contributed by atoms with Gasteiger partial charge in [-0.05, 0) is 139 Å². The van der Waals surface area contributed by atoms with Crippen LogP contribution in [-0.4, -0.2) is 0 Å². The van der Waals surface area contributed by atoms with E-state index < -0.39 is 0 Å². The fourth-order valence-corrected chi connectivity index (χ4v) is 11.2. The first kappa shape index (κ1) is 34.1. The van der Waals surface area contributed by atoms with Crippen molar-refractivity contribution in [3.05, 3.63) is 205 Å². The zero-order valence-corrected chi connectivity index (χ0v) is 33.4. The molecule has 278 valence electrons. The molecule has 0 saturated heterocycles. The third kappa shape index (κ3) is 4.78. The van der Waals surface area contributed by atoms with E-state index in [-0.39, 0.29) is 5.41 Å². The molecule has 0 amide bonds. The van der Waals surface area contributed by atoms with Crippen molar-refractivity contribution in [2.75, 3.05) is 0 Å². The minimum Gasteiger partial charge on any atom is -0.0642 e. The van der Waals surface area contributed by atoms with Gasteiger partial charge in [0.15, 0.2) is 0 Å². The Morgan fingerprint density at radius 2 is 0.814 bits per heavy atom. The highest BCUT2D eigenvalue weighted by Gasteiger charge is 2.42. The van der Waals surface area contributed by atoms with Crippen molar-refractivity contribution < 1.29 is 0 Å². The molecule has 0 aliphatic heterocycles. The Morgan fingerprint density at radius 1 is 0.322 bits per heavy atom. The van der Waals surface area contributed by atoms with Crippen LogP contribution < -0.4 is 0 Å². The predicted octanol–water partition coefficient (Wildman–Crippen LogP) is 16.7. The quantitative estimate of drug-likeness (QED) is 0.121. The maximum absolute atomic E-state index is 2.46. The molecule has 0 fully saturated rings. The molecule has 0 heteroatoms. The van der Waals surface area contributed by atoms with Crippen LogP contribution in [0.15, 0.2) is 194 Å². The highest BCUT2D eigenvalue weighted by Crippen LogP contribution is 2.57. The third-order valence-electron chi connectivity index (χ3n) is 13.9. The molecule has 0 radical (unpaired) electrons. The Bertz CT molecular complexity index is 3440. The molecular formula is C59H42. The summed E-state index contributed by atoms with van der Waals surface area (Å²) in [5.41, 5.74) is 13.3. The molecule has 0 bridgehead atoms. The Morgan fingerprint density at radius 3 is 1.51 bits per heavy atom. The standard InChI is InChI=1S/C59H42/c1-3-59(4-2)54-27-14-13-21-44(54)52-35-34-50-42-19-7-8-20-43(42)53-36-40(32-33-51(53)57(50)58(52)59)37-28-30-39(31-29-37)55-46-22-9-11-24-48(46)56(49-25-12-10-23-47(49)55)45-26-15-17-38-16-5-6-18-41(38)45/h5-36H,3-4H2,1-2H3. The zero-order valence-electron chi connectivity index (χ0n) is 33.4. The second-order valence-corrected chi connectivity index (χ2v) is 16.5. The van der Waals surface area contributed by atoms with E-state index in [0.29, 0.717) is 0 Å². The first-order valence-corrected chi connectivity index (χ1v) is 21.2. The fraction of sp³-hybridized carbons (Fsp3) is 0.0847. The van der Waals surface area contributed by atoms with Gasteiger partial charge in [-0.3, -0.25) is 0 Å². The van der Waals surface area contributed by atoms with Gasteiger partial charge in [-0.2, -0.15) is 0 Å². The van der Waals surface area contributed by atoms with Crippen LogP contribution in [0.3, 0.4) is 0 Å².